The van der Waals surface area contributed by atoms with Crippen molar-refractivity contribution in [1.29, 1.82) is 5.26 Å². The van der Waals surface area contributed by atoms with E-state index in [-0.39, 0.29) is 19.0 Å². The lowest BCUT2D eigenvalue weighted by molar-refractivity contribution is -0.144. The van der Waals surface area contributed by atoms with Crippen LogP contribution < -0.4 is 0 Å². The summed E-state index contributed by atoms with van der Waals surface area (Å²) in [5.74, 6) is -0.341. The van der Waals surface area contributed by atoms with Crippen molar-refractivity contribution in [3.05, 3.63) is 76.6 Å². The van der Waals surface area contributed by atoms with Gasteiger partial charge in [-0.1, -0.05) is 29.8 Å². The molecule has 0 atom stereocenters. The van der Waals surface area contributed by atoms with Gasteiger partial charge in [-0.05, 0) is 29.8 Å². The molecule has 0 aliphatic heterocycles. The Morgan fingerprint density at radius 2 is 2.00 bits per heavy atom. The van der Waals surface area contributed by atoms with Crippen LogP contribution in [0.2, 0.25) is 5.02 Å². The fraction of sp³-hybridized carbons (Fsp3) is 0.111. The van der Waals surface area contributed by atoms with Crippen LogP contribution in [0.15, 0.2) is 54.9 Å². The third kappa shape index (κ3) is 3.36. The number of hydrogen-bond acceptors (Lipinski definition) is 3. The first-order chi connectivity index (χ1) is 11.2. The maximum Gasteiger partial charge on any atom is 0.310 e. The topological polar surface area (TPSA) is 54.5 Å². The molecular formula is C18H13ClN2O2. The molecule has 1 aromatic carbocycles. The quantitative estimate of drug-likeness (QED) is 0.687. The summed E-state index contributed by atoms with van der Waals surface area (Å²) in [5.41, 5.74) is 2.87. The highest BCUT2D eigenvalue weighted by molar-refractivity contribution is 6.30. The minimum atomic E-state index is -0.341. The number of esters is 1. The molecule has 4 nitrogen and oxygen atoms in total. The molecule has 0 unspecified atom stereocenters. The number of carbonyl (C=O) groups is 1. The van der Waals surface area contributed by atoms with E-state index in [1.54, 1.807) is 24.3 Å². The Labute approximate surface area is 138 Å². The van der Waals surface area contributed by atoms with Crippen LogP contribution >= 0.6 is 11.6 Å². The Morgan fingerprint density at radius 1 is 1.22 bits per heavy atom. The van der Waals surface area contributed by atoms with Crippen LogP contribution in [0.5, 0.6) is 0 Å². The number of rotatable bonds is 4. The molecule has 0 aliphatic carbocycles. The van der Waals surface area contributed by atoms with Crippen LogP contribution in [-0.2, 0) is 22.6 Å². The van der Waals surface area contributed by atoms with Crippen LogP contribution in [-0.4, -0.2) is 10.4 Å². The summed E-state index contributed by atoms with van der Waals surface area (Å²) >= 11 is 5.81. The molecule has 114 valence electrons. The van der Waals surface area contributed by atoms with E-state index in [4.69, 9.17) is 16.3 Å². The van der Waals surface area contributed by atoms with E-state index in [0.717, 1.165) is 11.1 Å². The van der Waals surface area contributed by atoms with Crippen molar-refractivity contribution in [2.24, 2.45) is 0 Å². The smallest absolute Gasteiger partial charge is 0.310 e. The van der Waals surface area contributed by atoms with E-state index in [1.165, 1.54) is 0 Å². The minimum Gasteiger partial charge on any atom is -0.460 e. The van der Waals surface area contributed by atoms with E-state index in [1.807, 2.05) is 35.0 Å². The lowest BCUT2D eigenvalue weighted by atomic mass is 10.1. The molecule has 23 heavy (non-hydrogen) atoms. The van der Waals surface area contributed by atoms with Crippen molar-refractivity contribution >= 4 is 23.1 Å². The van der Waals surface area contributed by atoms with E-state index in [9.17, 15) is 10.1 Å². The molecule has 0 amide bonds. The predicted molar refractivity (Wildman–Crippen MR) is 87.1 cm³/mol. The lowest BCUT2D eigenvalue weighted by Crippen LogP contribution is -2.08. The monoisotopic (exact) mass is 324 g/mol. The number of ether oxygens (including phenoxy) is 1. The van der Waals surface area contributed by atoms with Crippen LogP contribution in [0, 0.1) is 11.3 Å². The number of fused-ring (bicyclic) bond motifs is 1. The van der Waals surface area contributed by atoms with Gasteiger partial charge in [0.1, 0.15) is 12.7 Å². The molecule has 2 aromatic heterocycles. The van der Waals surface area contributed by atoms with Gasteiger partial charge >= 0.3 is 5.97 Å². The zero-order valence-corrected chi connectivity index (χ0v) is 13.0. The van der Waals surface area contributed by atoms with Gasteiger partial charge in [-0.2, -0.15) is 5.26 Å². The van der Waals surface area contributed by atoms with Gasteiger partial charge in [0.25, 0.3) is 0 Å². The first kappa shape index (κ1) is 15.1. The summed E-state index contributed by atoms with van der Waals surface area (Å²) in [7, 11) is 0. The van der Waals surface area contributed by atoms with Gasteiger partial charge in [0.2, 0.25) is 0 Å². The molecule has 5 heteroatoms. The Kier molecular flexibility index (Phi) is 4.31. The highest BCUT2D eigenvalue weighted by Gasteiger charge is 2.12. The third-order valence-corrected chi connectivity index (χ3v) is 3.78. The van der Waals surface area contributed by atoms with Gasteiger partial charge in [-0.15, -0.1) is 0 Å². The number of pyridine rings is 1. The fourth-order valence-electron chi connectivity index (χ4n) is 2.39. The molecule has 3 rings (SSSR count). The fourth-order valence-corrected chi connectivity index (χ4v) is 2.52. The summed E-state index contributed by atoms with van der Waals surface area (Å²) in [6.45, 7) is 0.0804. The normalized spacial score (nSPS) is 10.4. The van der Waals surface area contributed by atoms with Crippen molar-refractivity contribution < 1.29 is 9.53 Å². The summed E-state index contributed by atoms with van der Waals surface area (Å²) in [6.07, 6.45) is 3.84. The Morgan fingerprint density at radius 3 is 2.74 bits per heavy atom. The predicted octanol–water partition coefficient (Wildman–Crippen LogP) is 3.75. The highest BCUT2D eigenvalue weighted by Crippen LogP contribution is 2.19. The summed E-state index contributed by atoms with van der Waals surface area (Å²) < 4.78 is 7.15. The molecule has 3 aromatic rings. The van der Waals surface area contributed by atoms with E-state index in [0.29, 0.717) is 16.1 Å². The second-order valence-corrected chi connectivity index (χ2v) is 5.53. The maximum absolute atomic E-state index is 11.9. The molecule has 0 saturated heterocycles. The van der Waals surface area contributed by atoms with E-state index >= 15 is 0 Å². The van der Waals surface area contributed by atoms with Crippen molar-refractivity contribution in [2.75, 3.05) is 0 Å². The zero-order valence-electron chi connectivity index (χ0n) is 12.2. The minimum absolute atomic E-state index is 0.0804. The molecule has 0 fully saturated rings. The van der Waals surface area contributed by atoms with Crippen LogP contribution in [0.3, 0.4) is 0 Å². The van der Waals surface area contributed by atoms with Crippen LogP contribution in [0.25, 0.3) is 5.52 Å². The number of hydrogen-bond donors (Lipinski definition) is 0. The summed E-state index contributed by atoms with van der Waals surface area (Å²) in [4.78, 5) is 11.9. The molecular weight excluding hydrogens is 312 g/mol. The number of carbonyl (C=O) groups excluding carboxylic acids is 1. The first-order valence-corrected chi connectivity index (χ1v) is 7.44. The maximum atomic E-state index is 11.9. The van der Waals surface area contributed by atoms with Gasteiger partial charge in [0, 0.05) is 23.0 Å². The lowest BCUT2D eigenvalue weighted by Gasteiger charge is -2.04. The largest absolute Gasteiger partial charge is 0.460 e. The molecule has 0 spiro atoms. The standard InChI is InChI=1S/C18H13ClN2O2/c19-15-6-4-13(5-7-15)9-18(22)23-12-14-11-21-8-2-1-3-17(21)16(14)10-20/h1-8,11H,9,12H2. The van der Waals surface area contributed by atoms with Gasteiger partial charge < -0.3 is 9.14 Å². The van der Waals surface area contributed by atoms with Crippen molar-refractivity contribution in [3.8, 4) is 6.07 Å². The van der Waals surface area contributed by atoms with Crippen molar-refractivity contribution in [1.82, 2.24) is 4.40 Å². The Hall–Kier alpha value is -2.77. The Balaban J connectivity index is 1.69. The molecule has 0 saturated carbocycles. The number of benzene rings is 1. The van der Waals surface area contributed by atoms with Gasteiger partial charge in [-0.25, -0.2) is 0 Å². The zero-order chi connectivity index (χ0) is 16.2. The number of halogens is 1. The average Bonchev–Trinajstić information content (AvgIpc) is 2.92. The number of aromatic nitrogens is 1. The molecule has 0 bridgehead atoms. The molecule has 0 radical (unpaired) electrons. The Bertz CT molecular complexity index is 892. The first-order valence-electron chi connectivity index (χ1n) is 7.06. The summed E-state index contributed by atoms with van der Waals surface area (Å²) in [6, 6.07) is 14.8. The summed E-state index contributed by atoms with van der Waals surface area (Å²) in [5, 5.41) is 9.94. The number of nitriles is 1. The van der Waals surface area contributed by atoms with Crippen molar-refractivity contribution in [2.45, 2.75) is 13.0 Å². The second-order valence-electron chi connectivity index (χ2n) is 5.10. The van der Waals surface area contributed by atoms with Crippen LogP contribution in [0.1, 0.15) is 16.7 Å². The molecule has 0 N–H and O–H groups in total. The molecule has 2 heterocycles. The van der Waals surface area contributed by atoms with E-state index < -0.39 is 0 Å². The average molecular weight is 325 g/mol. The highest BCUT2D eigenvalue weighted by atomic mass is 35.5. The van der Waals surface area contributed by atoms with Crippen molar-refractivity contribution in [3.63, 3.8) is 0 Å². The third-order valence-electron chi connectivity index (χ3n) is 3.52. The molecule has 0 aliphatic rings. The van der Waals surface area contributed by atoms with Gasteiger partial charge in [0.05, 0.1) is 17.5 Å². The SMILES string of the molecule is N#Cc1c(COC(=O)Cc2ccc(Cl)cc2)cn2ccccc12. The van der Waals surface area contributed by atoms with Gasteiger partial charge in [-0.3, -0.25) is 4.79 Å². The van der Waals surface area contributed by atoms with E-state index in [2.05, 4.69) is 6.07 Å². The van der Waals surface area contributed by atoms with Crippen LogP contribution in [0.4, 0.5) is 0 Å². The number of nitrogens with zero attached hydrogens (tertiary/aromatic N) is 2. The second kappa shape index (κ2) is 6.55. The van der Waals surface area contributed by atoms with Gasteiger partial charge in [0.15, 0.2) is 0 Å².